The number of para-hydroxylation sites is 1. The molecule has 1 amide bonds. The first-order valence-electron chi connectivity index (χ1n) is 12.9. The SMILES string of the molecule is CN1CCC(NCc2nc3c(n2Cc2ccccc2)C(=O)N(CCOc2ccccc2)CCN3)CC1. The Bertz CT molecular complexity index is 1130. The first-order chi connectivity index (χ1) is 17.7. The maximum Gasteiger partial charge on any atom is 0.274 e. The van der Waals surface area contributed by atoms with E-state index in [4.69, 9.17) is 9.72 Å². The molecule has 0 aliphatic carbocycles. The van der Waals surface area contributed by atoms with E-state index in [1.807, 2.05) is 53.4 Å². The van der Waals surface area contributed by atoms with Gasteiger partial charge in [-0.1, -0.05) is 48.5 Å². The Balaban J connectivity index is 1.34. The molecule has 0 radical (unpaired) electrons. The van der Waals surface area contributed by atoms with Crippen molar-refractivity contribution in [2.45, 2.75) is 32.0 Å². The van der Waals surface area contributed by atoms with Crippen LogP contribution < -0.4 is 15.4 Å². The fraction of sp³-hybridized carbons (Fsp3) is 0.429. The Morgan fingerprint density at radius 1 is 1.03 bits per heavy atom. The minimum Gasteiger partial charge on any atom is -0.492 e. The minimum absolute atomic E-state index is 0.000587. The number of carbonyl (C=O) groups excluding carboxylic acids is 1. The van der Waals surface area contributed by atoms with Crippen molar-refractivity contribution >= 4 is 11.7 Å². The van der Waals surface area contributed by atoms with Gasteiger partial charge in [0.1, 0.15) is 18.2 Å². The molecule has 5 rings (SSSR count). The smallest absolute Gasteiger partial charge is 0.274 e. The van der Waals surface area contributed by atoms with Gasteiger partial charge in [-0.2, -0.15) is 0 Å². The number of imidazole rings is 1. The number of amides is 1. The largest absolute Gasteiger partial charge is 0.492 e. The molecule has 2 aliphatic rings. The second-order valence-corrected chi connectivity index (χ2v) is 9.64. The van der Waals surface area contributed by atoms with Crippen molar-refractivity contribution in [3.8, 4) is 5.75 Å². The predicted molar refractivity (Wildman–Crippen MR) is 141 cm³/mol. The fourth-order valence-corrected chi connectivity index (χ4v) is 4.92. The van der Waals surface area contributed by atoms with E-state index in [2.05, 4.69) is 39.3 Å². The number of hydrogen-bond donors (Lipinski definition) is 2. The van der Waals surface area contributed by atoms with Gasteiger partial charge in [-0.25, -0.2) is 4.98 Å². The number of piperidine rings is 1. The second-order valence-electron chi connectivity index (χ2n) is 9.64. The lowest BCUT2D eigenvalue weighted by atomic mass is 10.1. The Morgan fingerprint density at radius 3 is 2.50 bits per heavy atom. The molecule has 1 fully saturated rings. The summed E-state index contributed by atoms with van der Waals surface area (Å²) in [5.74, 6) is 2.39. The Kier molecular flexibility index (Phi) is 7.83. The van der Waals surface area contributed by atoms with E-state index in [0.717, 1.165) is 43.1 Å². The summed E-state index contributed by atoms with van der Waals surface area (Å²) < 4.78 is 7.98. The third-order valence-electron chi connectivity index (χ3n) is 7.03. The van der Waals surface area contributed by atoms with Gasteiger partial charge in [0.15, 0.2) is 11.5 Å². The molecule has 3 aromatic rings. The summed E-state index contributed by atoms with van der Waals surface area (Å²) in [4.78, 5) is 23.0. The van der Waals surface area contributed by atoms with Crippen molar-refractivity contribution in [3.05, 3.63) is 77.7 Å². The van der Waals surface area contributed by atoms with Crippen LogP contribution in [0.2, 0.25) is 0 Å². The van der Waals surface area contributed by atoms with Gasteiger partial charge in [0, 0.05) is 25.7 Å². The molecule has 1 aromatic heterocycles. The average Bonchev–Trinajstić information content (AvgIpc) is 3.16. The zero-order valence-corrected chi connectivity index (χ0v) is 21.0. The molecule has 1 saturated heterocycles. The average molecular weight is 489 g/mol. The van der Waals surface area contributed by atoms with Gasteiger partial charge in [0.2, 0.25) is 0 Å². The number of hydrogen-bond acceptors (Lipinski definition) is 6. The number of nitrogens with one attached hydrogen (secondary N) is 2. The van der Waals surface area contributed by atoms with Gasteiger partial charge in [-0.15, -0.1) is 0 Å². The van der Waals surface area contributed by atoms with Crippen LogP contribution >= 0.6 is 0 Å². The second kappa shape index (κ2) is 11.6. The van der Waals surface area contributed by atoms with Gasteiger partial charge in [-0.05, 0) is 50.7 Å². The minimum atomic E-state index is 0.000587. The van der Waals surface area contributed by atoms with Crippen molar-refractivity contribution in [1.82, 2.24) is 24.7 Å². The number of likely N-dealkylation sites (tertiary alicyclic amines) is 1. The molecule has 3 heterocycles. The number of carbonyl (C=O) groups is 1. The molecular formula is C28H36N6O2. The molecular weight excluding hydrogens is 452 g/mol. The van der Waals surface area contributed by atoms with E-state index in [1.165, 1.54) is 0 Å². The number of ether oxygens (including phenoxy) is 1. The summed E-state index contributed by atoms with van der Waals surface area (Å²) in [7, 11) is 2.17. The molecule has 2 aromatic carbocycles. The van der Waals surface area contributed by atoms with Gasteiger partial charge < -0.3 is 29.7 Å². The van der Waals surface area contributed by atoms with Crippen LogP contribution in [0.15, 0.2) is 60.7 Å². The van der Waals surface area contributed by atoms with Crippen molar-refractivity contribution in [3.63, 3.8) is 0 Å². The number of aromatic nitrogens is 2. The monoisotopic (exact) mass is 488 g/mol. The zero-order valence-electron chi connectivity index (χ0n) is 21.0. The standard InChI is InChI=1S/C28H36N6O2/c1-32-15-12-23(13-16-32)30-20-25-31-27-26(34(25)21-22-8-4-2-5-9-22)28(35)33(17-14-29-27)18-19-36-24-10-6-3-7-11-24/h2-11,23,29-30H,12-21H2,1H3. The molecule has 190 valence electrons. The maximum absolute atomic E-state index is 13.8. The van der Waals surface area contributed by atoms with E-state index in [1.54, 1.807) is 0 Å². The summed E-state index contributed by atoms with van der Waals surface area (Å²) in [6.45, 7) is 5.70. The number of benzene rings is 2. The third-order valence-corrected chi connectivity index (χ3v) is 7.03. The normalized spacial score (nSPS) is 16.9. The number of anilines is 1. The van der Waals surface area contributed by atoms with Gasteiger partial charge >= 0.3 is 0 Å². The maximum atomic E-state index is 13.8. The van der Waals surface area contributed by atoms with E-state index in [0.29, 0.717) is 56.9 Å². The highest BCUT2D eigenvalue weighted by atomic mass is 16.5. The number of nitrogens with zero attached hydrogens (tertiary/aromatic N) is 4. The quantitative estimate of drug-likeness (QED) is 0.482. The highest BCUT2D eigenvalue weighted by Gasteiger charge is 2.30. The number of rotatable bonds is 9. The molecule has 0 bridgehead atoms. The van der Waals surface area contributed by atoms with Crippen LogP contribution in [0.1, 0.15) is 34.7 Å². The van der Waals surface area contributed by atoms with E-state index in [-0.39, 0.29) is 5.91 Å². The lowest BCUT2D eigenvalue weighted by Crippen LogP contribution is -2.41. The van der Waals surface area contributed by atoms with E-state index >= 15 is 0 Å². The molecule has 0 saturated carbocycles. The van der Waals surface area contributed by atoms with Crippen LogP contribution in [0.3, 0.4) is 0 Å². The topological polar surface area (TPSA) is 74.7 Å². The zero-order chi connectivity index (χ0) is 24.7. The van der Waals surface area contributed by atoms with Gasteiger partial charge in [-0.3, -0.25) is 4.79 Å². The van der Waals surface area contributed by atoms with E-state index < -0.39 is 0 Å². The van der Waals surface area contributed by atoms with Gasteiger partial charge in [0.05, 0.1) is 13.1 Å². The van der Waals surface area contributed by atoms with E-state index in [9.17, 15) is 4.79 Å². The highest BCUT2D eigenvalue weighted by molar-refractivity contribution is 5.98. The lowest BCUT2D eigenvalue weighted by Gasteiger charge is -2.29. The summed E-state index contributed by atoms with van der Waals surface area (Å²) in [5, 5.41) is 7.12. The third kappa shape index (κ3) is 5.88. The predicted octanol–water partition coefficient (Wildman–Crippen LogP) is 3.06. The Morgan fingerprint density at radius 2 is 1.75 bits per heavy atom. The highest BCUT2D eigenvalue weighted by Crippen LogP contribution is 2.24. The van der Waals surface area contributed by atoms with Crippen LogP contribution in [0.5, 0.6) is 5.75 Å². The summed E-state index contributed by atoms with van der Waals surface area (Å²) in [6.07, 6.45) is 2.25. The Labute approximate surface area is 213 Å². The molecule has 0 spiro atoms. The summed E-state index contributed by atoms with van der Waals surface area (Å²) in [6, 6.07) is 20.5. The molecule has 8 heteroatoms. The molecule has 0 unspecified atom stereocenters. The molecule has 2 aliphatic heterocycles. The lowest BCUT2D eigenvalue weighted by molar-refractivity contribution is 0.0732. The van der Waals surface area contributed by atoms with Crippen molar-refractivity contribution < 1.29 is 9.53 Å². The van der Waals surface area contributed by atoms with Crippen molar-refractivity contribution in [2.24, 2.45) is 0 Å². The van der Waals surface area contributed by atoms with Crippen molar-refractivity contribution in [1.29, 1.82) is 0 Å². The Hall–Kier alpha value is -3.36. The molecule has 2 N–H and O–H groups in total. The summed E-state index contributed by atoms with van der Waals surface area (Å²) in [5.41, 5.74) is 1.78. The van der Waals surface area contributed by atoms with Gasteiger partial charge in [0.25, 0.3) is 5.91 Å². The van der Waals surface area contributed by atoms with Crippen molar-refractivity contribution in [2.75, 3.05) is 51.7 Å². The van der Waals surface area contributed by atoms with Crippen LogP contribution in [-0.2, 0) is 13.1 Å². The van der Waals surface area contributed by atoms with Crippen LogP contribution in [0.4, 0.5) is 5.82 Å². The molecule has 36 heavy (non-hydrogen) atoms. The molecule has 0 atom stereocenters. The fourth-order valence-electron chi connectivity index (χ4n) is 4.92. The summed E-state index contributed by atoms with van der Waals surface area (Å²) >= 11 is 0. The first kappa shape index (κ1) is 24.3. The van der Waals surface area contributed by atoms with Crippen LogP contribution in [0.25, 0.3) is 0 Å². The van der Waals surface area contributed by atoms with Crippen LogP contribution in [-0.4, -0.2) is 77.7 Å². The van der Waals surface area contributed by atoms with Crippen LogP contribution in [0, 0.1) is 0 Å². The first-order valence-corrected chi connectivity index (χ1v) is 12.9. The number of fused-ring (bicyclic) bond motifs is 1. The molecule has 8 nitrogen and oxygen atoms in total.